The molecule has 8 heteroatoms. The number of esters is 1. The van der Waals surface area contributed by atoms with E-state index in [1.807, 2.05) is 6.92 Å². The van der Waals surface area contributed by atoms with E-state index in [2.05, 4.69) is 5.32 Å². The van der Waals surface area contributed by atoms with E-state index in [0.29, 0.717) is 32.4 Å². The van der Waals surface area contributed by atoms with E-state index < -0.39 is 41.3 Å². The molecule has 2 heterocycles. The van der Waals surface area contributed by atoms with Gasteiger partial charge in [0.05, 0.1) is 13.0 Å². The first-order chi connectivity index (χ1) is 10.9. The zero-order valence-electron chi connectivity index (χ0n) is 13.2. The first-order valence-electron chi connectivity index (χ1n) is 7.93. The van der Waals surface area contributed by atoms with Crippen molar-refractivity contribution >= 4 is 23.6 Å². The summed E-state index contributed by atoms with van der Waals surface area (Å²) >= 11 is 0. The molecule has 2 fully saturated rings. The van der Waals surface area contributed by atoms with Crippen LogP contribution in [0.1, 0.15) is 39.0 Å². The molecule has 0 aliphatic carbocycles. The molecule has 0 bridgehead atoms. The lowest BCUT2D eigenvalue weighted by Crippen LogP contribution is -2.51. The molecule has 0 spiro atoms. The van der Waals surface area contributed by atoms with Gasteiger partial charge in [-0.2, -0.15) is 5.06 Å². The Morgan fingerprint density at radius 3 is 2.52 bits per heavy atom. The normalized spacial score (nSPS) is 25.7. The smallest absolute Gasteiger partial charge is 0.330 e. The molecule has 0 aromatic rings. The molecule has 1 atom stereocenters. The molecule has 0 radical (unpaired) electrons. The lowest BCUT2D eigenvalue weighted by Gasteiger charge is -2.29. The highest BCUT2D eigenvalue weighted by Gasteiger charge is 2.64. The Morgan fingerprint density at radius 2 is 2.00 bits per heavy atom. The van der Waals surface area contributed by atoms with Crippen LogP contribution >= 0.6 is 0 Å². The number of carbonyl (C=O) groups excluding carboxylic acids is 4. The molecule has 2 N–H and O–H groups in total. The summed E-state index contributed by atoms with van der Waals surface area (Å²) in [5.74, 6) is -4.28. The van der Waals surface area contributed by atoms with Crippen LogP contribution in [0.3, 0.4) is 0 Å². The summed E-state index contributed by atoms with van der Waals surface area (Å²) in [4.78, 5) is 49.3. The van der Waals surface area contributed by atoms with Gasteiger partial charge in [0, 0.05) is 5.92 Å². The highest BCUT2D eigenvalue weighted by molar-refractivity contribution is 6.29. The number of ketones is 1. The zero-order chi connectivity index (χ0) is 17.0. The van der Waals surface area contributed by atoms with Crippen molar-refractivity contribution in [3.8, 4) is 0 Å². The molecule has 0 aromatic carbocycles. The third kappa shape index (κ3) is 3.13. The Hall–Kier alpha value is -1.80. The van der Waals surface area contributed by atoms with Gasteiger partial charge in [0.2, 0.25) is 5.41 Å². The molecule has 2 amide bonds. The van der Waals surface area contributed by atoms with Crippen molar-refractivity contribution in [1.82, 2.24) is 10.4 Å². The molecule has 1 unspecified atom stereocenters. The van der Waals surface area contributed by atoms with Crippen molar-refractivity contribution < 1.29 is 29.1 Å². The Bertz CT molecular complexity index is 514. The van der Waals surface area contributed by atoms with Gasteiger partial charge in [-0.15, -0.1) is 0 Å². The van der Waals surface area contributed by atoms with E-state index in [1.165, 1.54) is 0 Å². The zero-order valence-corrected chi connectivity index (χ0v) is 13.2. The van der Waals surface area contributed by atoms with Crippen molar-refractivity contribution in [1.29, 1.82) is 0 Å². The summed E-state index contributed by atoms with van der Waals surface area (Å²) in [6.45, 7) is 3.18. The Kier molecular flexibility index (Phi) is 5.48. The summed E-state index contributed by atoms with van der Waals surface area (Å²) in [6.07, 6.45) is 1.68. The van der Waals surface area contributed by atoms with Crippen LogP contribution in [-0.4, -0.2) is 53.5 Å². The summed E-state index contributed by atoms with van der Waals surface area (Å²) in [7, 11) is 0. The number of ether oxygens (including phenoxy) is 1. The molecule has 2 rings (SSSR count). The number of hydroxylamine groups is 2. The third-order valence-electron chi connectivity index (χ3n) is 4.42. The van der Waals surface area contributed by atoms with E-state index in [0.717, 1.165) is 6.42 Å². The van der Waals surface area contributed by atoms with Crippen LogP contribution < -0.4 is 5.32 Å². The number of amides is 2. The first-order valence-corrected chi connectivity index (χ1v) is 7.93. The van der Waals surface area contributed by atoms with Gasteiger partial charge in [0.25, 0.3) is 11.8 Å². The summed E-state index contributed by atoms with van der Waals surface area (Å²) in [5, 5.41) is 12.5. The lowest BCUT2D eigenvalue weighted by molar-refractivity contribution is -0.179. The third-order valence-corrected chi connectivity index (χ3v) is 4.42. The molecular weight excluding hydrogens is 304 g/mol. The highest BCUT2D eigenvalue weighted by atomic mass is 16.5. The van der Waals surface area contributed by atoms with Crippen LogP contribution in [0.2, 0.25) is 0 Å². The number of piperidine rings is 1. The molecule has 2 aliphatic rings. The summed E-state index contributed by atoms with van der Waals surface area (Å²) in [6, 6.07) is 0. The van der Waals surface area contributed by atoms with Gasteiger partial charge >= 0.3 is 5.97 Å². The van der Waals surface area contributed by atoms with Crippen LogP contribution in [0.15, 0.2) is 0 Å². The van der Waals surface area contributed by atoms with Gasteiger partial charge in [-0.05, 0) is 32.4 Å². The molecule has 23 heavy (non-hydrogen) atoms. The summed E-state index contributed by atoms with van der Waals surface area (Å²) < 4.78 is 5.06. The number of Topliss-reactive ketones (excluding diaryl/α,β-unsaturated/α-hetero) is 1. The van der Waals surface area contributed by atoms with Crippen molar-refractivity contribution in [3.63, 3.8) is 0 Å². The number of carbonyl (C=O) groups is 4. The Labute approximate surface area is 134 Å². The van der Waals surface area contributed by atoms with Crippen LogP contribution in [0.5, 0.6) is 0 Å². The fraction of sp³-hybridized carbons (Fsp3) is 0.733. The van der Waals surface area contributed by atoms with Crippen LogP contribution in [-0.2, 0) is 23.9 Å². The van der Waals surface area contributed by atoms with Gasteiger partial charge in [0.1, 0.15) is 0 Å². The topological polar surface area (TPSA) is 113 Å². The minimum atomic E-state index is -2.22. The second kappa shape index (κ2) is 7.18. The van der Waals surface area contributed by atoms with E-state index >= 15 is 0 Å². The molecule has 0 aromatic heterocycles. The van der Waals surface area contributed by atoms with Crippen molar-refractivity contribution in [3.05, 3.63) is 0 Å². The van der Waals surface area contributed by atoms with E-state index in [-0.39, 0.29) is 11.7 Å². The fourth-order valence-corrected chi connectivity index (χ4v) is 2.99. The second-order valence-corrected chi connectivity index (χ2v) is 5.97. The maximum Gasteiger partial charge on any atom is 0.330 e. The number of hydrogen-bond donors (Lipinski definition) is 2. The highest BCUT2D eigenvalue weighted by Crippen LogP contribution is 2.38. The number of rotatable bonds is 6. The van der Waals surface area contributed by atoms with Gasteiger partial charge in [-0.25, -0.2) is 0 Å². The molecule has 128 valence electrons. The van der Waals surface area contributed by atoms with Gasteiger partial charge in [-0.3, -0.25) is 24.4 Å². The van der Waals surface area contributed by atoms with Crippen LogP contribution in [0.25, 0.3) is 0 Å². The number of imide groups is 1. The Balaban J connectivity index is 2.28. The average molecular weight is 326 g/mol. The molecule has 8 nitrogen and oxygen atoms in total. The van der Waals surface area contributed by atoms with Crippen molar-refractivity contribution in [2.75, 3.05) is 19.7 Å². The fourth-order valence-electron chi connectivity index (χ4n) is 2.99. The minimum Gasteiger partial charge on any atom is -0.465 e. The minimum absolute atomic E-state index is 0.0729. The standard InChI is InChI=1S/C15H22N2O6/c1-2-3-8-23-14(21)15(9-11(18)17(22)13(15)20)12(19)10-4-6-16-7-5-10/h10,16,22H,2-9H2,1H3. The monoisotopic (exact) mass is 326 g/mol. The molecule has 0 saturated carbocycles. The van der Waals surface area contributed by atoms with E-state index in [1.54, 1.807) is 0 Å². The first kappa shape index (κ1) is 17.6. The van der Waals surface area contributed by atoms with Crippen LogP contribution in [0, 0.1) is 11.3 Å². The van der Waals surface area contributed by atoms with Crippen molar-refractivity contribution in [2.24, 2.45) is 11.3 Å². The predicted octanol–water partition coefficient (Wildman–Crippen LogP) is 0.0329. The van der Waals surface area contributed by atoms with Gasteiger partial charge < -0.3 is 10.1 Å². The maximum atomic E-state index is 12.9. The quantitative estimate of drug-likeness (QED) is 0.233. The molecule has 2 aliphatic heterocycles. The Morgan fingerprint density at radius 1 is 1.35 bits per heavy atom. The number of unbranched alkanes of at least 4 members (excludes halogenated alkanes) is 1. The predicted molar refractivity (Wildman–Crippen MR) is 77.2 cm³/mol. The largest absolute Gasteiger partial charge is 0.465 e. The van der Waals surface area contributed by atoms with E-state index in [9.17, 15) is 24.4 Å². The molecule has 2 saturated heterocycles. The number of hydrogen-bond acceptors (Lipinski definition) is 7. The lowest BCUT2D eigenvalue weighted by atomic mass is 9.73. The van der Waals surface area contributed by atoms with Crippen LogP contribution in [0.4, 0.5) is 0 Å². The average Bonchev–Trinajstić information content (AvgIpc) is 2.80. The number of nitrogens with zero attached hydrogens (tertiary/aromatic N) is 1. The van der Waals surface area contributed by atoms with Gasteiger partial charge in [0.15, 0.2) is 5.78 Å². The molecular formula is C15H22N2O6. The van der Waals surface area contributed by atoms with E-state index in [4.69, 9.17) is 4.74 Å². The van der Waals surface area contributed by atoms with Gasteiger partial charge in [-0.1, -0.05) is 13.3 Å². The second-order valence-electron chi connectivity index (χ2n) is 5.97. The SMILES string of the molecule is CCCCOC(=O)C1(C(=O)C2CCNCC2)CC(=O)N(O)C1=O. The number of nitrogens with one attached hydrogen (secondary N) is 1. The summed E-state index contributed by atoms with van der Waals surface area (Å²) in [5.41, 5.74) is -2.22. The van der Waals surface area contributed by atoms with Crippen molar-refractivity contribution in [2.45, 2.75) is 39.0 Å². The maximum absolute atomic E-state index is 12.9.